The molecule has 0 bridgehead atoms. The summed E-state index contributed by atoms with van der Waals surface area (Å²) in [5, 5.41) is 10.6. The number of rotatable bonds is 5. The third kappa shape index (κ3) is 5.39. The van der Waals surface area contributed by atoms with Crippen LogP contribution in [-0.4, -0.2) is 53.7 Å². The number of likely N-dealkylation sites (N-methyl/N-ethyl adjacent to an activating group) is 1. The van der Waals surface area contributed by atoms with Gasteiger partial charge in [-0.3, -0.25) is 9.69 Å². The first-order valence-electron chi connectivity index (χ1n) is 9.17. The van der Waals surface area contributed by atoms with Crippen LogP contribution >= 0.6 is 12.4 Å². The first-order valence-corrected chi connectivity index (χ1v) is 9.17. The zero-order chi connectivity index (χ0) is 16.9. The van der Waals surface area contributed by atoms with Crippen LogP contribution in [0.1, 0.15) is 56.8 Å². The maximum Gasteiger partial charge on any atom is 0.228 e. The molecule has 0 spiro atoms. The number of hydrogen-bond donors (Lipinski definition) is 2. The molecule has 1 amide bonds. The predicted molar refractivity (Wildman–Crippen MR) is 97.7 cm³/mol. The largest absolute Gasteiger partial charge is 0.353 e. The van der Waals surface area contributed by atoms with E-state index in [9.17, 15) is 4.79 Å². The number of nitrogens with one attached hydrogen (secondary N) is 2. The quantitative estimate of drug-likeness (QED) is 0.819. The number of halogens is 1. The lowest BCUT2D eigenvalue weighted by Gasteiger charge is -2.30. The second kappa shape index (κ2) is 9.50. The molecule has 25 heavy (non-hydrogen) atoms. The second-order valence-corrected chi connectivity index (χ2v) is 7.20. The fraction of sp³-hybridized carbons (Fsp3) is 0.824. The van der Waals surface area contributed by atoms with E-state index in [1.165, 1.54) is 19.3 Å². The Morgan fingerprint density at radius 2 is 2.16 bits per heavy atom. The van der Waals surface area contributed by atoms with Gasteiger partial charge in [-0.15, -0.1) is 12.4 Å². The molecule has 0 radical (unpaired) electrons. The highest BCUT2D eigenvalue weighted by atomic mass is 35.5. The highest BCUT2D eigenvalue weighted by Crippen LogP contribution is 2.24. The molecule has 1 saturated heterocycles. The molecule has 142 valence electrons. The fourth-order valence-electron chi connectivity index (χ4n) is 3.62. The smallest absolute Gasteiger partial charge is 0.228 e. The van der Waals surface area contributed by atoms with Crippen LogP contribution in [0.3, 0.4) is 0 Å². The Hall–Kier alpha value is -1.18. The third-order valence-corrected chi connectivity index (χ3v) is 5.14. The first-order chi connectivity index (χ1) is 11.6. The van der Waals surface area contributed by atoms with Gasteiger partial charge in [-0.25, -0.2) is 0 Å². The number of carbonyl (C=O) groups is 1. The minimum absolute atomic E-state index is 0. The molecular formula is C17H30ClN5O2. The van der Waals surface area contributed by atoms with Gasteiger partial charge >= 0.3 is 0 Å². The summed E-state index contributed by atoms with van der Waals surface area (Å²) in [7, 11) is 2.08. The summed E-state index contributed by atoms with van der Waals surface area (Å²) < 4.78 is 5.40. The van der Waals surface area contributed by atoms with Gasteiger partial charge in [0.1, 0.15) is 0 Å². The molecule has 1 saturated carbocycles. The molecule has 2 atom stereocenters. The zero-order valence-electron chi connectivity index (χ0n) is 15.2. The lowest BCUT2D eigenvalue weighted by atomic mass is 9.88. The van der Waals surface area contributed by atoms with Crippen molar-refractivity contribution in [3.8, 4) is 0 Å². The zero-order valence-corrected chi connectivity index (χ0v) is 16.0. The van der Waals surface area contributed by atoms with E-state index in [1.807, 2.05) is 6.92 Å². The Morgan fingerprint density at radius 3 is 2.88 bits per heavy atom. The summed E-state index contributed by atoms with van der Waals surface area (Å²) in [4.78, 5) is 19.1. The van der Waals surface area contributed by atoms with Crippen LogP contribution in [-0.2, 0) is 11.2 Å². The molecule has 1 aromatic rings. The third-order valence-electron chi connectivity index (χ3n) is 5.14. The number of carbonyl (C=O) groups excluding carboxylic acids is 1. The van der Waals surface area contributed by atoms with Crippen LogP contribution in [0.2, 0.25) is 0 Å². The summed E-state index contributed by atoms with van der Waals surface area (Å²) in [5.74, 6) is 1.69. The van der Waals surface area contributed by atoms with Gasteiger partial charge in [0.25, 0.3) is 0 Å². The number of nitrogens with zero attached hydrogens (tertiary/aromatic N) is 3. The summed E-state index contributed by atoms with van der Waals surface area (Å²) in [5.41, 5.74) is 0. The summed E-state index contributed by atoms with van der Waals surface area (Å²) in [6.45, 7) is 4.80. The van der Waals surface area contributed by atoms with Gasteiger partial charge in [-0.05, 0) is 26.8 Å². The van der Waals surface area contributed by atoms with E-state index >= 15 is 0 Å². The standard InChI is InChI=1S/C17H29N5O2.ClH/c1-12(19-17(23)13-6-4-3-5-7-13)10-15-20-16(21-24-15)14-11-18-8-9-22(14)2;/h12-14,18H,3-11H2,1-2H3,(H,19,23);1H. The summed E-state index contributed by atoms with van der Waals surface area (Å²) in [6, 6.07) is 0.165. The van der Waals surface area contributed by atoms with E-state index in [1.54, 1.807) is 0 Å². The van der Waals surface area contributed by atoms with Crippen LogP contribution in [0.5, 0.6) is 0 Å². The minimum atomic E-state index is 0. The molecule has 7 nitrogen and oxygen atoms in total. The van der Waals surface area contributed by atoms with Crippen molar-refractivity contribution >= 4 is 18.3 Å². The van der Waals surface area contributed by atoms with Crippen molar-refractivity contribution < 1.29 is 9.32 Å². The van der Waals surface area contributed by atoms with Gasteiger partial charge in [0.15, 0.2) is 5.82 Å². The average molecular weight is 372 g/mol. The molecule has 3 rings (SSSR count). The Bertz CT molecular complexity index is 547. The van der Waals surface area contributed by atoms with Crippen LogP contribution in [0.15, 0.2) is 4.52 Å². The molecule has 1 aliphatic heterocycles. The molecule has 1 aromatic heterocycles. The van der Waals surface area contributed by atoms with Crippen LogP contribution < -0.4 is 10.6 Å². The van der Waals surface area contributed by atoms with Gasteiger partial charge in [-0.2, -0.15) is 4.98 Å². The minimum Gasteiger partial charge on any atom is -0.353 e. The van der Waals surface area contributed by atoms with Crippen molar-refractivity contribution in [3.63, 3.8) is 0 Å². The molecule has 2 heterocycles. The molecule has 0 aromatic carbocycles. The molecule has 2 fully saturated rings. The Balaban J connectivity index is 0.00000225. The van der Waals surface area contributed by atoms with Crippen molar-refractivity contribution in [2.24, 2.45) is 5.92 Å². The Kier molecular flexibility index (Phi) is 7.65. The first kappa shape index (κ1) is 20.1. The van der Waals surface area contributed by atoms with E-state index in [-0.39, 0.29) is 36.3 Å². The highest BCUT2D eigenvalue weighted by Gasteiger charge is 2.26. The monoisotopic (exact) mass is 371 g/mol. The SMILES string of the molecule is CC(Cc1nc(C2CNCCN2C)no1)NC(=O)C1CCCCC1.Cl. The normalized spacial score (nSPS) is 23.7. The van der Waals surface area contributed by atoms with Gasteiger partial charge in [0.05, 0.1) is 6.04 Å². The lowest BCUT2D eigenvalue weighted by molar-refractivity contribution is -0.126. The number of aromatic nitrogens is 2. The number of piperazine rings is 1. The molecule has 2 aliphatic rings. The molecule has 1 aliphatic carbocycles. The maximum absolute atomic E-state index is 12.3. The van der Waals surface area contributed by atoms with Crippen LogP contribution in [0.25, 0.3) is 0 Å². The second-order valence-electron chi connectivity index (χ2n) is 7.20. The number of hydrogen-bond acceptors (Lipinski definition) is 6. The van der Waals surface area contributed by atoms with Crippen LogP contribution in [0, 0.1) is 5.92 Å². The average Bonchev–Trinajstić information content (AvgIpc) is 3.04. The van der Waals surface area contributed by atoms with E-state index < -0.39 is 0 Å². The van der Waals surface area contributed by atoms with Crippen molar-refractivity contribution in [2.75, 3.05) is 26.7 Å². The maximum atomic E-state index is 12.3. The van der Waals surface area contributed by atoms with Gasteiger partial charge in [-0.1, -0.05) is 24.4 Å². The fourth-order valence-corrected chi connectivity index (χ4v) is 3.62. The topological polar surface area (TPSA) is 83.3 Å². The van der Waals surface area contributed by atoms with Gasteiger partial charge < -0.3 is 15.2 Å². The van der Waals surface area contributed by atoms with Gasteiger partial charge in [0, 0.05) is 38.0 Å². The Labute approximate surface area is 155 Å². The molecule has 2 N–H and O–H groups in total. The van der Waals surface area contributed by atoms with E-state index in [2.05, 4.69) is 32.7 Å². The van der Waals surface area contributed by atoms with E-state index in [0.717, 1.165) is 38.3 Å². The Morgan fingerprint density at radius 1 is 1.40 bits per heavy atom. The van der Waals surface area contributed by atoms with Crippen molar-refractivity contribution in [2.45, 2.75) is 57.5 Å². The van der Waals surface area contributed by atoms with E-state index in [4.69, 9.17) is 4.52 Å². The van der Waals surface area contributed by atoms with Crippen molar-refractivity contribution in [1.82, 2.24) is 25.7 Å². The lowest BCUT2D eigenvalue weighted by Crippen LogP contribution is -2.44. The molecule has 2 unspecified atom stereocenters. The van der Waals surface area contributed by atoms with E-state index in [0.29, 0.717) is 12.3 Å². The number of amides is 1. The van der Waals surface area contributed by atoms with Gasteiger partial charge in [0.2, 0.25) is 11.8 Å². The van der Waals surface area contributed by atoms with Crippen LogP contribution in [0.4, 0.5) is 0 Å². The van der Waals surface area contributed by atoms with Crippen molar-refractivity contribution in [1.29, 1.82) is 0 Å². The summed E-state index contributed by atoms with van der Waals surface area (Å²) >= 11 is 0. The molecular weight excluding hydrogens is 342 g/mol. The molecule has 8 heteroatoms. The highest BCUT2D eigenvalue weighted by molar-refractivity contribution is 5.85. The van der Waals surface area contributed by atoms with Crippen molar-refractivity contribution in [3.05, 3.63) is 11.7 Å². The predicted octanol–water partition coefficient (Wildman–Crippen LogP) is 1.70. The summed E-state index contributed by atoms with van der Waals surface area (Å²) in [6.07, 6.45) is 6.21.